The minimum atomic E-state index is -0.888. The zero-order valence-electron chi connectivity index (χ0n) is 17.3. The third-order valence-electron chi connectivity index (χ3n) is 5.77. The van der Waals surface area contributed by atoms with Gasteiger partial charge in [-0.05, 0) is 18.1 Å². The molecule has 0 spiro atoms. The minimum absolute atomic E-state index is 0.0828. The summed E-state index contributed by atoms with van der Waals surface area (Å²) in [4.78, 5) is 41.9. The third kappa shape index (κ3) is 4.67. The topological polar surface area (TPSA) is 82.2 Å². The average Bonchev–Trinajstić information content (AvgIpc) is 3.11. The summed E-state index contributed by atoms with van der Waals surface area (Å²) in [5.74, 6) is -1.41. The van der Waals surface area contributed by atoms with E-state index in [2.05, 4.69) is 21.9 Å². The Kier molecular flexibility index (Phi) is 6.82. The molecule has 0 aliphatic carbocycles. The van der Waals surface area contributed by atoms with Gasteiger partial charge in [-0.3, -0.25) is 9.69 Å². The molecule has 1 N–H and O–H groups in total. The van der Waals surface area contributed by atoms with Crippen LogP contribution >= 0.6 is 11.6 Å². The van der Waals surface area contributed by atoms with Gasteiger partial charge in [-0.15, -0.1) is 0 Å². The van der Waals surface area contributed by atoms with Gasteiger partial charge in [0.2, 0.25) is 5.91 Å². The molecule has 0 bridgehead atoms. The van der Waals surface area contributed by atoms with Crippen molar-refractivity contribution in [1.82, 2.24) is 14.7 Å². The van der Waals surface area contributed by atoms with Gasteiger partial charge in [0.05, 0.1) is 17.7 Å². The predicted octanol–water partition coefficient (Wildman–Crippen LogP) is 2.28. The summed E-state index contributed by atoms with van der Waals surface area (Å²) in [5, 5.41) is 2.42. The summed E-state index contributed by atoms with van der Waals surface area (Å²) >= 11 is 5.86. The molecule has 8 nitrogen and oxygen atoms in total. The van der Waals surface area contributed by atoms with Gasteiger partial charge in [-0.2, -0.15) is 0 Å². The Balaban J connectivity index is 1.64. The Bertz CT molecular complexity index is 844. The first-order valence-electron chi connectivity index (χ1n) is 9.84. The summed E-state index contributed by atoms with van der Waals surface area (Å²) in [6.45, 7) is 7.73. The van der Waals surface area contributed by atoms with Gasteiger partial charge in [-0.1, -0.05) is 18.5 Å². The number of hydrogen-bond donors (Lipinski definition) is 1. The number of carbonyl (C=O) groups excluding carboxylic acids is 3. The van der Waals surface area contributed by atoms with Gasteiger partial charge >= 0.3 is 12.0 Å². The number of rotatable bonds is 3. The molecule has 30 heavy (non-hydrogen) atoms. The molecule has 1 aromatic rings. The highest BCUT2D eigenvalue weighted by atomic mass is 35.5. The Labute approximate surface area is 179 Å². The number of nitrogens with zero attached hydrogens (tertiary/aromatic N) is 3. The smallest absolute Gasteiger partial charge is 0.340 e. The zero-order valence-corrected chi connectivity index (χ0v) is 18.0. The molecule has 2 saturated heterocycles. The van der Waals surface area contributed by atoms with Crippen LogP contribution in [0.3, 0.4) is 0 Å². The van der Waals surface area contributed by atoms with Crippen molar-refractivity contribution in [2.75, 3.05) is 51.7 Å². The van der Waals surface area contributed by atoms with Crippen LogP contribution in [-0.2, 0) is 9.53 Å². The van der Waals surface area contributed by atoms with Crippen molar-refractivity contribution < 1.29 is 23.5 Å². The number of amides is 3. The maximum Gasteiger partial charge on any atom is 0.340 e. The van der Waals surface area contributed by atoms with Gasteiger partial charge in [-0.25, -0.2) is 14.0 Å². The molecule has 3 rings (SSSR count). The van der Waals surface area contributed by atoms with Crippen LogP contribution in [0.5, 0.6) is 0 Å². The largest absolute Gasteiger partial charge is 0.465 e. The van der Waals surface area contributed by atoms with Crippen molar-refractivity contribution >= 4 is 35.2 Å². The van der Waals surface area contributed by atoms with E-state index in [1.807, 2.05) is 4.90 Å². The van der Waals surface area contributed by atoms with E-state index >= 15 is 0 Å². The highest BCUT2D eigenvalue weighted by Gasteiger charge is 2.37. The van der Waals surface area contributed by atoms with E-state index in [4.69, 9.17) is 11.6 Å². The maximum atomic E-state index is 14.1. The van der Waals surface area contributed by atoms with Crippen LogP contribution in [0, 0.1) is 11.7 Å². The lowest BCUT2D eigenvalue weighted by molar-refractivity contribution is -0.130. The van der Waals surface area contributed by atoms with Crippen LogP contribution in [-0.4, -0.2) is 85.0 Å². The van der Waals surface area contributed by atoms with Crippen LogP contribution in [0.1, 0.15) is 24.2 Å². The summed E-state index contributed by atoms with van der Waals surface area (Å²) in [6, 6.07) is 2.33. The lowest BCUT2D eigenvalue weighted by Crippen LogP contribution is -2.53. The predicted molar refractivity (Wildman–Crippen MR) is 110 cm³/mol. The number of hydrogen-bond acceptors (Lipinski definition) is 5. The third-order valence-corrected chi connectivity index (χ3v) is 6.05. The molecule has 0 saturated carbocycles. The molecule has 2 aliphatic heterocycles. The molecule has 2 unspecified atom stereocenters. The van der Waals surface area contributed by atoms with Gasteiger partial charge < -0.3 is 19.9 Å². The lowest BCUT2D eigenvalue weighted by atomic mass is 10.0. The molecule has 164 valence electrons. The summed E-state index contributed by atoms with van der Waals surface area (Å²) in [7, 11) is 1.14. The second kappa shape index (κ2) is 9.18. The van der Waals surface area contributed by atoms with Gasteiger partial charge in [0.1, 0.15) is 0 Å². The molecule has 0 radical (unpaired) electrons. The number of benzene rings is 1. The van der Waals surface area contributed by atoms with E-state index in [1.165, 1.54) is 12.1 Å². The second-order valence-electron chi connectivity index (χ2n) is 7.73. The number of piperazine rings is 1. The van der Waals surface area contributed by atoms with Crippen molar-refractivity contribution in [2.24, 2.45) is 5.92 Å². The summed E-state index contributed by atoms with van der Waals surface area (Å²) < 4.78 is 18.6. The van der Waals surface area contributed by atoms with Crippen molar-refractivity contribution in [3.05, 3.63) is 28.5 Å². The van der Waals surface area contributed by atoms with E-state index in [0.29, 0.717) is 26.2 Å². The van der Waals surface area contributed by atoms with Gasteiger partial charge in [0.25, 0.3) is 0 Å². The Morgan fingerprint density at radius 1 is 1.13 bits per heavy atom. The fourth-order valence-electron chi connectivity index (χ4n) is 4.08. The molecule has 10 heteroatoms. The number of nitrogens with one attached hydrogen (secondary N) is 1. The van der Waals surface area contributed by atoms with Crippen molar-refractivity contribution in [3.8, 4) is 0 Å². The SMILES string of the molecule is COC(=O)c1cc(NC(=O)N2CC(C)C(N3CCN(C(C)=O)CC3)C2)cc(Cl)c1F. The molecular formula is C20H26ClFN4O4. The number of urea groups is 1. The number of likely N-dealkylation sites (tertiary alicyclic amines) is 1. The van der Waals surface area contributed by atoms with E-state index < -0.39 is 11.8 Å². The molecule has 2 atom stereocenters. The summed E-state index contributed by atoms with van der Waals surface area (Å²) in [6.07, 6.45) is 0. The lowest BCUT2D eigenvalue weighted by Gasteiger charge is -2.38. The van der Waals surface area contributed by atoms with Crippen molar-refractivity contribution in [1.29, 1.82) is 0 Å². The number of esters is 1. The van der Waals surface area contributed by atoms with Crippen LogP contribution in [0.4, 0.5) is 14.9 Å². The monoisotopic (exact) mass is 440 g/mol. The molecule has 1 aromatic carbocycles. The number of methoxy groups -OCH3 is 1. The van der Waals surface area contributed by atoms with Crippen LogP contribution in [0.2, 0.25) is 5.02 Å². The number of ether oxygens (including phenoxy) is 1. The Morgan fingerprint density at radius 3 is 2.40 bits per heavy atom. The maximum absolute atomic E-state index is 14.1. The number of anilines is 1. The minimum Gasteiger partial charge on any atom is -0.465 e. The zero-order chi connectivity index (χ0) is 22.0. The number of halogens is 2. The molecule has 0 aromatic heterocycles. The first-order valence-corrected chi connectivity index (χ1v) is 10.2. The quantitative estimate of drug-likeness (QED) is 0.729. The van der Waals surface area contributed by atoms with Gasteiger partial charge in [0.15, 0.2) is 5.82 Å². The van der Waals surface area contributed by atoms with E-state index in [-0.39, 0.29) is 40.2 Å². The normalized spacial score (nSPS) is 22.2. The highest BCUT2D eigenvalue weighted by Crippen LogP contribution is 2.27. The van der Waals surface area contributed by atoms with Crippen LogP contribution in [0.25, 0.3) is 0 Å². The average molecular weight is 441 g/mol. The fourth-order valence-corrected chi connectivity index (χ4v) is 4.30. The Morgan fingerprint density at radius 2 is 1.80 bits per heavy atom. The van der Waals surface area contributed by atoms with Crippen LogP contribution in [0.15, 0.2) is 12.1 Å². The molecule has 3 amide bonds. The molecule has 2 fully saturated rings. The summed E-state index contributed by atoms with van der Waals surface area (Å²) in [5.41, 5.74) is -0.116. The second-order valence-corrected chi connectivity index (χ2v) is 8.14. The Hall–Kier alpha value is -2.39. The van der Waals surface area contributed by atoms with E-state index in [9.17, 15) is 18.8 Å². The van der Waals surface area contributed by atoms with Gasteiger partial charge in [0, 0.05) is 57.9 Å². The first-order chi connectivity index (χ1) is 14.2. The van der Waals surface area contributed by atoms with E-state index in [1.54, 1.807) is 11.8 Å². The highest BCUT2D eigenvalue weighted by molar-refractivity contribution is 6.31. The fraction of sp³-hybridized carbons (Fsp3) is 0.550. The first kappa shape index (κ1) is 22.3. The molecular weight excluding hydrogens is 415 g/mol. The van der Waals surface area contributed by atoms with Crippen LogP contribution < -0.4 is 5.32 Å². The molecule has 2 aliphatic rings. The molecule has 2 heterocycles. The van der Waals surface area contributed by atoms with Crippen molar-refractivity contribution in [3.63, 3.8) is 0 Å². The van der Waals surface area contributed by atoms with E-state index in [0.717, 1.165) is 20.2 Å². The number of carbonyl (C=O) groups is 3. The van der Waals surface area contributed by atoms with Crippen molar-refractivity contribution in [2.45, 2.75) is 19.9 Å². The standard InChI is InChI=1S/C20H26ClFN4O4/c1-12-10-26(11-17(12)25-6-4-24(5-7-25)13(2)27)20(29)23-14-8-15(19(28)30-3)18(22)16(21)9-14/h8-9,12,17H,4-7,10-11H2,1-3H3,(H,23,29).